The summed E-state index contributed by atoms with van der Waals surface area (Å²) in [7, 11) is 0. The summed E-state index contributed by atoms with van der Waals surface area (Å²) >= 11 is 0. The third-order valence-corrected chi connectivity index (χ3v) is 4.46. The Kier molecular flexibility index (Phi) is 4.09. The fourth-order valence-corrected chi connectivity index (χ4v) is 3.25. The van der Waals surface area contributed by atoms with E-state index in [1.54, 1.807) is 4.90 Å². The summed E-state index contributed by atoms with van der Waals surface area (Å²) in [4.78, 5) is 26.0. The molecule has 1 N–H and O–H groups in total. The molecule has 20 heavy (non-hydrogen) atoms. The Bertz CT molecular complexity index is 391. The average Bonchev–Trinajstić information content (AvgIpc) is 2.66. The fraction of sp³-hybridized carbons (Fsp3) is 0.867. The van der Waals surface area contributed by atoms with E-state index in [9.17, 15) is 14.7 Å². The molecule has 1 aliphatic carbocycles. The van der Waals surface area contributed by atoms with Gasteiger partial charge in [-0.25, -0.2) is 4.79 Å². The first-order chi connectivity index (χ1) is 9.27. The lowest BCUT2D eigenvalue weighted by molar-refractivity contribution is -0.132. The van der Waals surface area contributed by atoms with Gasteiger partial charge >= 0.3 is 6.09 Å². The molecule has 1 saturated heterocycles. The van der Waals surface area contributed by atoms with E-state index in [-0.39, 0.29) is 29.8 Å². The molecular formula is C15H25NO4. The van der Waals surface area contributed by atoms with Crippen molar-refractivity contribution in [1.82, 2.24) is 4.90 Å². The minimum atomic E-state index is -0.489. The second-order valence-electron chi connectivity index (χ2n) is 7.03. The van der Waals surface area contributed by atoms with Gasteiger partial charge in [-0.3, -0.25) is 4.79 Å². The normalized spacial score (nSPS) is 26.1. The standard InChI is InChI=1S/C15H25NO4/c1-14(2,3)20-13(19)16-8-6-15(7-9-16)5-4-11(10-17)12(15)18/h11,17H,4-10H2,1-3H3. The molecule has 1 saturated carbocycles. The van der Waals surface area contributed by atoms with Crippen LogP contribution in [0.5, 0.6) is 0 Å². The predicted octanol–water partition coefficient (Wildman–Crippen LogP) is 1.98. The van der Waals surface area contributed by atoms with Crippen LogP contribution >= 0.6 is 0 Å². The topological polar surface area (TPSA) is 66.8 Å². The summed E-state index contributed by atoms with van der Waals surface area (Å²) in [6, 6.07) is 0. The zero-order valence-electron chi connectivity index (χ0n) is 12.6. The van der Waals surface area contributed by atoms with Gasteiger partial charge in [-0.15, -0.1) is 0 Å². The minimum absolute atomic E-state index is 0.0453. The summed E-state index contributed by atoms with van der Waals surface area (Å²) in [6.07, 6.45) is 2.72. The van der Waals surface area contributed by atoms with Gasteiger partial charge in [0.05, 0.1) is 6.61 Å². The number of likely N-dealkylation sites (tertiary alicyclic amines) is 1. The van der Waals surface area contributed by atoms with Crippen LogP contribution in [0.4, 0.5) is 4.79 Å². The van der Waals surface area contributed by atoms with Gasteiger partial charge in [0.2, 0.25) is 0 Å². The third kappa shape index (κ3) is 2.97. The van der Waals surface area contributed by atoms with Crippen LogP contribution in [0.1, 0.15) is 46.5 Å². The number of aliphatic hydroxyl groups excluding tert-OH is 1. The van der Waals surface area contributed by atoms with Crippen molar-refractivity contribution >= 4 is 11.9 Å². The van der Waals surface area contributed by atoms with Gasteiger partial charge in [0.15, 0.2) is 0 Å². The highest BCUT2D eigenvalue weighted by Crippen LogP contribution is 2.46. The van der Waals surface area contributed by atoms with Crippen LogP contribution in [-0.2, 0) is 9.53 Å². The largest absolute Gasteiger partial charge is 0.444 e. The SMILES string of the molecule is CC(C)(C)OC(=O)N1CCC2(CCC(CO)C2=O)CC1. The molecule has 0 aromatic carbocycles. The number of amides is 1. The molecule has 0 aromatic heterocycles. The van der Waals surface area contributed by atoms with E-state index in [4.69, 9.17) is 4.74 Å². The van der Waals surface area contributed by atoms with Gasteiger partial charge < -0.3 is 14.7 Å². The molecule has 2 fully saturated rings. The molecule has 0 bridgehead atoms. The molecule has 2 aliphatic rings. The van der Waals surface area contributed by atoms with Crippen LogP contribution < -0.4 is 0 Å². The van der Waals surface area contributed by atoms with Crippen LogP contribution in [0, 0.1) is 11.3 Å². The number of hydrogen-bond donors (Lipinski definition) is 1. The molecule has 1 spiro atoms. The van der Waals surface area contributed by atoms with E-state index >= 15 is 0 Å². The Morgan fingerprint density at radius 3 is 2.40 bits per heavy atom. The molecule has 0 aromatic rings. The average molecular weight is 283 g/mol. The lowest BCUT2D eigenvalue weighted by Crippen LogP contribution is -2.47. The van der Waals surface area contributed by atoms with E-state index in [2.05, 4.69) is 0 Å². The van der Waals surface area contributed by atoms with Crippen molar-refractivity contribution < 1.29 is 19.4 Å². The highest BCUT2D eigenvalue weighted by Gasteiger charge is 2.49. The summed E-state index contributed by atoms with van der Waals surface area (Å²) in [5, 5.41) is 9.21. The first-order valence-electron chi connectivity index (χ1n) is 7.40. The smallest absolute Gasteiger partial charge is 0.410 e. The first kappa shape index (κ1) is 15.3. The zero-order chi connectivity index (χ0) is 15.0. The Balaban J connectivity index is 1.93. The number of ketones is 1. The van der Waals surface area contributed by atoms with Crippen LogP contribution in [0.25, 0.3) is 0 Å². The van der Waals surface area contributed by atoms with Crippen molar-refractivity contribution in [1.29, 1.82) is 0 Å². The number of ether oxygens (including phenoxy) is 1. The van der Waals surface area contributed by atoms with Crippen molar-refractivity contribution in [2.75, 3.05) is 19.7 Å². The Hall–Kier alpha value is -1.10. The van der Waals surface area contributed by atoms with Crippen molar-refractivity contribution in [3.63, 3.8) is 0 Å². The number of carbonyl (C=O) groups excluding carboxylic acids is 2. The van der Waals surface area contributed by atoms with E-state index in [0.29, 0.717) is 25.9 Å². The summed E-state index contributed by atoms with van der Waals surface area (Å²) < 4.78 is 5.36. The van der Waals surface area contributed by atoms with E-state index < -0.39 is 5.60 Å². The lowest BCUT2D eigenvalue weighted by atomic mass is 9.75. The molecule has 5 heteroatoms. The van der Waals surface area contributed by atoms with Crippen molar-refractivity contribution in [2.45, 2.75) is 52.1 Å². The highest BCUT2D eigenvalue weighted by molar-refractivity contribution is 5.89. The minimum Gasteiger partial charge on any atom is -0.444 e. The van der Waals surface area contributed by atoms with Crippen LogP contribution in [-0.4, -0.2) is 47.2 Å². The number of aliphatic hydroxyl groups is 1. The number of rotatable bonds is 1. The fourth-order valence-electron chi connectivity index (χ4n) is 3.25. The Labute approximate surface area is 120 Å². The quantitative estimate of drug-likeness (QED) is 0.799. The molecule has 1 heterocycles. The monoisotopic (exact) mass is 283 g/mol. The number of carbonyl (C=O) groups is 2. The maximum absolute atomic E-state index is 12.3. The molecule has 5 nitrogen and oxygen atoms in total. The van der Waals surface area contributed by atoms with Crippen LogP contribution in [0.3, 0.4) is 0 Å². The van der Waals surface area contributed by atoms with Crippen LogP contribution in [0.15, 0.2) is 0 Å². The van der Waals surface area contributed by atoms with E-state index in [0.717, 1.165) is 12.8 Å². The van der Waals surface area contributed by atoms with Gasteiger partial charge in [0.1, 0.15) is 11.4 Å². The molecular weight excluding hydrogens is 258 g/mol. The second kappa shape index (κ2) is 5.35. The molecule has 1 unspecified atom stereocenters. The number of Topliss-reactive ketones (excluding diaryl/α,β-unsaturated/α-hetero) is 1. The maximum atomic E-state index is 12.3. The van der Waals surface area contributed by atoms with Crippen molar-refractivity contribution in [2.24, 2.45) is 11.3 Å². The van der Waals surface area contributed by atoms with Gasteiger partial charge in [-0.1, -0.05) is 0 Å². The molecule has 1 amide bonds. The highest BCUT2D eigenvalue weighted by atomic mass is 16.6. The van der Waals surface area contributed by atoms with Gasteiger partial charge in [-0.2, -0.15) is 0 Å². The Morgan fingerprint density at radius 1 is 1.35 bits per heavy atom. The zero-order valence-corrected chi connectivity index (χ0v) is 12.6. The first-order valence-corrected chi connectivity index (χ1v) is 7.40. The molecule has 114 valence electrons. The van der Waals surface area contributed by atoms with E-state index in [1.807, 2.05) is 20.8 Å². The molecule has 1 atom stereocenters. The number of hydrogen-bond acceptors (Lipinski definition) is 4. The van der Waals surface area contributed by atoms with Gasteiger partial charge in [0, 0.05) is 24.4 Å². The maximum Gasteiger partial charge on any atom is 0.410 e. The van der Waals surface area contributed by atoms with Gasteiger partial charge in [-0.05, 0) is 46.5 Å². The number of piperidine rings is 1. The Morgan fingerprint density at radius 2 is 1.95 bits per heavy atom. The molecule has 1 aliphatic heterocycles. The summed E-state index contributed by atoms with van der Waals surface area (Å²) in [5.74, 6) is 0.00640. The van der Waals surface area contributed by atoms with Crippen molar-refractivity contribution in [3.8, 4) is 0 Å². The van der Waals surface area contributed by atoms with E-state index in [1.165, 1.54) is 0 Å². The van der Waals surface area contributed by atoms with Crippen molar-refractivity contribution in [3.05, 3.63) is 0 Å². The summed E-state index contributed by atoms with van der Waals surface area (Å²) in [6.45, 7) is 6.64. The van der Waals surface area contributed by atoms with Gasteiger partial charge in [0.25, 0.3) is 0 Å². The molecule has 2 rings (SSSR count). The lowest BCUT2D eigenvalue weighted by Gasteiger charge is -2.38. The van der Waals surface area contributed by atoms with Crippen LogP contribution in [0.2, 0.25) is 0 Å². The molecule has 0 radical (unpaired) electrons. The predicted molar refractivity (Wildman–Crippen MR) is 74.3 cm³/mol. The second-order valence-corrected chi connectivity index (χ2v) is 7.03. The third-order valence-electron chi connectivity index (χ3n) is 4.46. The number of nitrogens with zero attached hydrogens (tertiary/aromatic N) is 1. The summed E-state index contributed by atoms with van der Waals surface area (Å²) in [5.41, 5.74) is -0.788.